The van der Waals surface area contributed by atoms with E-state index in [1.807, 2.05) is 44.2 Å². The van der Waals surface area contributed by atoms with Gasteiger partial charge in [-0.1, -0.05) is 85.0 Å². The van der Waals surface area contributed by atoms with Gasteiger partial charge >= 0.3 is 0 Å². The quantitative estimate of drug-likeness (QED) is 0.245. The molecule has 0 aliphatic rings. The minimum atomic E-state index is -0.821. The number of nitrogens with one attached hydrogen (secondary N) is 1. The molecule has 0 fully saturated rings. The highest BCUT2D eigenvalue weighted by atomic mass is 79.9. The summed E-state index contributed by atoms with van der Waals surface area (Å²) in [4.78, 5) is 28.7. The molecule has 0 aliphatic carbocycles. The van der Waals surface area contributed by atoms with Crippen LogP contribution in [-0.4, -0.2) is 35.9 Å². The maximum Gasteiger partial charge on any atom is 0.261 e. The second kappa shape index (κ2) is 14.1. The van der Waals surface area contributed by atoms with Crippen molar-refractivity contribution in [3.8, 4) is 5.75 Å². The van der Waals surface area contributed by atoms with E-state index in [1.54, 1.807) is 36.4 Å². The highest BCUT2D eigenvalue weighted by molar-refractivity contribution is 9.10. The third-order valence-corrected chi connectivity index (χ3v) is 7.15. The molecular formula is C28H28BrCl3N2O3. The molecule has 3 rings (SSSR count). The molecule has 0 saturated heterocycles. The lowest BCUT2D eigenvalue weighted by Crippen LogP contribution is -2.52. The third-order valence-electron chi connectivity index (χ3n) is 5.59. The summed E-state index contributed by atoms with van der Waals surface area (Å²) >= 11 is 22.4. The Hall–Kier alpha value is -2.25. The number of ether oxygens (including phenoxy) is 1. The van der Waals surface area contributed by atoms with Crippen LogP contribution >= 0.6 is 50.7 Å². The van der Waals surface area contributed by atoms with E-state index >= 15 is 0 Å². The van der Waals surface area contributed by atoms with Gasteiger partial charge in [0.05, 0.1) is 4.47 Å². The Kier molecular flexibility index (Phi) is 11.1. The number of halogens is 4. The summed E-state index contributed by atoms with van der Waals surface area (Å²) in [6, 6.07) is 18.9. The van der Waals surface area contributed by atoms with Gasteiger partial charge in [-0.25, -0.2) is 0 Å². The number of hydrogen-bond acceptors (Lipinski definition) is 3. The van der Waals surface area contributed by atoms with E-state index in [2.05, 4.69) is 21.2 Å². The van der Waals surface area contributed by atoms with Gasteiger partial charge in [0, 0.05) is 40.1 Å². The first-order valence-electron chi connectivity index (χ1n) is 11.8. The van der Waals surface area contributed by atoms with Crippen molar-refractivity contribution in [2.75, 3.05) is 13.2 Å². The monoisotopic (exact) mass is 624 g/mol. The zero-order chi connectivity index (χ0) is 26.9. The van der Waals surface area contributed by atoms with Gasteiger partial charge in [-0.15, -0.1) is 0 Å². The molecular weight excluding hydrogens is 599 g/mol. The Morgan fingerprint density at radius 3 is 2.27 bits per heavy atom. The Balaban J connectivity index is 1.96. The molecule has 0 aliphatic heterocycles. The van der Waals surface area contributed by atoms with Gasteiger partial charge in [-0.05, 0) is 57.7 Å². The van der Waals surface area contributed by atoms with Crippen molar-refractivity contribution in [3.05, 3.63) is 97.4 Å². The van der Waals surface area contributed by atoms with Crippen LogP contribution in [0.5, 0.6) is 5.75 Å². The smallest absolute Gasteiger partial charge is 0.261 e. The Morgan fingerprint density at radius 2 is 1.65 bits per heavy atom. The van der Waals surface area contributed by atoms with Gasteiger partial charge in [0.1, 0.15) is 11.8 Å². The number of carbonyl (C=O) groups excluding carboxylic acids is 2. The van der Waals surface area contributed by atoms with Crippen molar-refractivity contribution in [1.82, 2.24) is 10.2 Å². The van der Waals surface area contributed by atoms with Crippen molar-refractivity contribution < 1.29 is 14.3 Å². The molecule has 0 spiro atoms. The van der Waals surface area contributed by atoms with Crippen molar-refractivity contribution in [2.24, 2.45) is 5.92 Å². The highest BCUT2D eigenvalue weighted by Crippen LogP contribution is 2.29. The first-order valence-corrected chi connectivity index (χ1v) is 13.7. The number of amides is 2. The van der Waals surface area contributed by atoms with Crippen LogP contribution < -0.4 is 10.1 Å². The molecule has 0 aromatic heterocycles. The SMILES string of the molecule is CC(C)CNC(=O)C(Cc1ccccc1)N(Cc1c(Cl)cccc1Cl)C(=O)COc1ccc(Cl)cc1Br. The zero-order valence-electron chi connectivity index (χ0n) is 20.5. The van der Waals surface area contributed by atoms with E-state index in [9.17, 15) is 9.59 Å². The first-order chi connectivity index (χ1) is 17.7. The van der Waals surface area contributed by atoms with Crippen LogP contribution in [0.4, 0.5) is 0 Å². The minimum absolute atomic E-state index is 0.0368. The number of nitrogens with zero attached hydrogens (tertiary/aromatic N) is 1. The fraction of sp³-hybridized carbons (Fsp3) is 0.286. The highest BCUT2D eigenvalue weighted by Gasteiger charge is 2.31. The van der Waals surface area contributed by atoms with E-state index in [-0.39, 0.29) is 25.0 Å². The molecule has 37 heavy (non-hydrogen) atoms. The lowest BCUT2D eigenvalue weighted by molar-refractivity contribution is -0.142. The maximum absolute atomic E-state index is 13.7. The topological polar surface area (TPSA) is 58.6 Å². The van der Waals surface area contributed by atoms with Gasteiger partial charge < -0.3 is 15.0 Å². The van der Waals surface area contributed by atoms with Crippen molar-refractivity contribution >= 4 is 62.5 Å². The van der Waals surface area contributed by atoms with E-state index in [0.29, 0.717) is 43.8 Å². The second-order valence-electron chi connectivity index (χ2n) is 8.93. The van der Waals surface area contributed by atoms with Crippen LogP contribution in [0.2, 0.25) is 15.1 Å². The molecule has 0 heterocycles. The molecule has 2 amide bonds. The Morgan fingerprint density at radius 1 is 0.973 bits per heavy atom. The molecule has 1 atom stereocenters. The van der Waals surface area contributed by atoms with E-state index in [1.165, 1.54) is 4.90 Å². The number of rotatable bonds is 11. The summed E-state index contributed by atoms with van der Waals surface area (Å²) < 4.78 is 6.43. The third kappa shape index (κ3) is 8.64. The second-order valence-corrected chi connectivity index (χ2v) is 11.0. The van der Waals surface area contributed by atoms with Crippen molar-refractivity contribution in [1.29, 1.82) is 0 Å². The minimum Gasteiger partial charge on any atom is -0.483 e. The number of hydrogen-bond donors (Lipinski definition) is 1. The molecule has 0 radical (unpaired) electrons. The molecule has 9 heteroatoms. The fourth-order valence-corrected chi connectivity index (χ4v) is 4.96. The molecule has 5 nitrogen and oxygen atoms in total. The maximum atomic E-state index is 13.7. The van der Waals surface area contributed by atoms with Gasteiger partial charge in [-0.2, -0.15) is 0 Å². The summed E-state index contributed by atoms with van der Waals surface area (Å²) in [6.45, 7) is 4.24. The molecule has 0 bridgehead atoms. The molecule has 196 valence electrons. The van der Waals surface area contributed by atoms with E-state index in [4.69, 9.17) is 39.5 Å². The summed E-state index contributed by atoms with van der Waals surface area (Å²) in [5.74, 6) is 0.0478. The van der Waals surface area contributed by atoms with Gasteiger partial charge in [0.25, 0.3) is 5.91 Å². The van der Waals surface area contributed by atoms with Crippen LogP contribution in [0.15, 0.2) is 71.2 Å². The predicted molar refractivity (Wildman–Crippen MR) is 153 cm³/mol. The van der Waals surface area contributed by atoms with E-state index in [0.717, 1.165) is 5.56 Å². The normalized spacial score (nSPS) is 11.8. The van der Waals surface area contributed by atoms with Crippen molar-refractivity contribution in [3.63, 3.8) is 0 Å². The Bertz CT molecular complexity index is 1200. The standard InChI is InChI=1S/C28H28BrCl3N2O3/c1-18(2)15-33-28(36)25(13-19-7-4-3-5-8-19)34(16-21-23(31)9-6-10-24(21)32)27(35)17-37-26-12-11-20(30)14-22(26)29/h3-12,14,18,25H,13,15-17H2,1-2H3,(H,33,36). The van der Waals surface area contributed by atoms with Gasteiger partial charge in [0.2, 0.25) is 5.91 Å². The molecule has 3 aromatic rings. The lowest BCUT2D eigenvalue weighted by atomic mass is 10.0. The first kappa shape index (κ1) is 29.3. The average Bonchev–Trinajstić information content (AvgIpc) is 2.86. The molecule has 1 N–H and O–H groups in total. The average molecular weight is 627 g/mol. The van der Waals surface area contributed by atoms with Gasteiger partial charge in [-0.3, -0.25) is 9.59 Å². The molecule has 3 aromatic carbocycles. The van der Waals surface area contributed by atoms with Crippen LogP contribution in [0, 0.1) is 5.92 Å². The Labute approximate surface area is 241 Å². The van der Waals surface area contributed by atoms with Crippen molar-refractivity contribution in [2.45, 2.75) is 32.9 Å². The summed E-state index contributed by atoms with van der Waals surface area (Å²) in [5, 5.41) is 4.33. The zero-order valence-corrected chi connectivity index (χ0v) is 24.4. The summed E-state index contributed by atoms with van der Waals surface area (Å²) in [7, 11) is 0. The van der Waals surface area contributed by atoms with E-state index < -0.39 is 11.9 Å². The summed E-state index contributed by atoms with van der Waals surface area (Å²) in [5.41, 5.74) is 1.47. The van der Waals surface area contributed by atoms with Crippen LogP contribution in [0.25, 0.3) is 0 Å². The lowest BCUT2D eigenvalue weighted by Gasteiger charge is -2.32. The number of benzene rings is 3. The molecule has 0 saturated carbocycles. The summed E-state index contributed by atoms with van der Waals surface area (Å²) in [6.07, 6.45) is 0.309. The fourth-order valence-electron chi connectivity index (χ4n) is 3.64. The largest absolute Gasteiger partial charge is 0.483 e. The number of carbonyl (C=O) groups is 2. The van der Waals surface area contributed by atoms with Crippen LogP contribution in [-0.2, 0) is 22.6 Å². The van der Waals surface area contributed by atoms with Gasteiger partial charge in [0.15, 0.2) is 6.61 Å². The van der Waals surface area contributed by atoms with Crippen LogP contribution in [0.1, 0.15) is 25.0 Å². The van der Waals surface area contributed by atoms with Crippen LogP contribution in [0.3, 0.4) is 0 Å². The predicted octanol–water partition coefficient (Wildman–Crippen LogP) is 7.20. The molecule has 1 unspecified atom stereocenters.